The van der Waals surface area contributed by atoms with E-state index >= 15 is 0 Å². The molecule has 0 saturated carbocycles. The highest BCUT2D eigenvalue weighted by Gasteiger charge is 2.36. The largest absolute Gasteiger partial charge is 0.465 e. The lowest BCUT2D eigenvalue weighted by molar-refractivity contribution is -0.138. The molecule has 8 heteroatoms. The molecule has 1 aromatic carbocycles. The number of anilines is 1. The summed E-state index contributed by atoms with van der Waals surface area (Å²) < 4.78 is 40.5. The molecule has 138 valence electrons. The summed E-state index contributed by atoms with van der Waals surface area (Å²) in [4.78, 5) is 16.2. The van der Waals surface area contributed by atoms with Gasteiger partial charge in [-0.3, -0.25) is 4.90 Å². The van der Waals surface area contributed by atoms with E-state index in [1.54, 1.807) is 6.07 Å². The van der Waals surface area contributed by atoms with E-state index in [-0.39, 0.29) is 6.54 Å². The number of nitrogens with zero attached hydrogens (tertiary/aromatic N) is 3. The Morgan fingerprint density at radius 3 is 2.24 bits per heavy atom. The Kier molecular flexibility index (Phi) is 5.08. The van der Waals surface area contributed by atoms with Crippen LogP contribution in [0.25, 0.3) is 0 Å². The maximum Gasteiger partial charge on any atom is 0.416 e. The van der Waals surface area contributed by atoms with Gasteiger partial charge in [-0.25, -0.2) is 4.79 Å². The van der Waals surface area contributed by atoms with Crippen molar-refractivity contribution in [3.8, 4) is 0 Å². The second-order valence-corrected chi connectivity index (χ2v) is 6.54. The van der Waals surface area contributed by atoms with Gasteiger partial charge in [0.2, 0.25) is 0 Å². The molecule has 2 fully saturated rings. The zero-order valence-corrected chi connectivity index (χ0v) is 13.9. The monoisotopic (exact) mass is 357 g/mol. The van der Waals surface area contributed by atoms with Gasteiger partial charge in [-0.2, -0.15) is 13.2 Å². The number of benzene rings is 1. The highest BCUT2D eigenvalue weighted by atomic mass is 19.4. The number of hydrogen-bond donors (Lipinski definition) is 1. The second kappa shape index (κ2) is 7.11. The van der Waals surface area contributed by atoms with Gasteiger partial charge >= 0.3 is 12.3 Å². The van der Waals surface area contributed by atoms with E-state index in [4.69, 9.17) is 5.11 Å². The van der Waals surface area contributed by atoms with Gasteiger partial charge in [-0.1, -0.05) is 6.07 Å². The predicted molar refractivity (Wildman–Crippen MR) is 87.8 cm³/mol. The lowest BCUT2D eigenvalue weighted by Crippen LogP contribution is -2.48. The van der Waals surface area contributed by atoms with Crippen LogP contribution in [0.15, 0.2) is 18.2 Å². The quantitative estimate of drug-likeness (QED) is 0.903. The zero-order valence-electron chi connectivity index (χ0n) is 13.9. The topological polar surface area (TPSA) is 47.0 Å². The fourth-order valence-electron chi connectivity index (χ4n) is 3.58. The zero-order chi connectivity index (χ0) is 18.0. The second-order valence-electron chi connectivity index (χ2n) is 6.54. The normalized spacial score (nSPS) is 19.5. The molecule has 2 saturated heterocycles. The molecule has 0 bridgehead atoms. The number of alkyl halides is 3. The third kappa shape index (κ3) is 4.00. The Labute approximate surface area is 144 Å². The minimum atomic E-state index is -4.39. The van der Waals surface area contributed by atoms with Crippen molar-refractivity contribution in [3.05, 3.63) is 29.3 Å². The Morgan fingerprint density at radius 1 is 1.04 bits per heavy atom. The highest BCUT2D eigenvalue weighted by Crippen LogP contribution is 2.38. The minimum Gasteiger partial charge on any atom is -0.465 e. The van der Waals surface area contributed by atoms with E-state index in [1.807, 2.05) is 9.80 Å². The first kappa shape index (κ1) is 17.8. The number of amides is 1. The minimum absolute atomic E-state index is 0.189. The molecule has 1 amide bonds. The van der Waals surface area contributed by atoms with Crippen molar-refractivity contribution in [1.29, 1.82) is 0 Å². The van der Waals surface area contributed by atoms with Crippen molar-refractivity contribution in [1.82, 2.24) is 9.80 Å². The maximum atomic E-state index is 13.5. The Morgan fingerprint density at radius 2 is 1.68 bits per heavy atom. The van der Waals surface area contributed by atoms with E-state index in [9.17, 15) is 18.0 Å². The van der Waals surface area contributed by atoms with Crippen LogP contribution in [0.1, 0.15) is 24.0 Å². The van der Waals surface area contributed by atoms with E-state index in [0.717, 1.165) is 32.0 Å². The summed E-state index contributed by atoms with van der Waals surface area (Å²) >= 11 is 0. The molecule has 1 N–H and O–H groups in total. The number of rotatable bonds is 3. The summed E-state index contributed by atoms with van der Waals surface area (Å²) in [5.41, 5.74) is 0.381. The molecular formula is C17H22F3N3O2. The van der Waals surface area contributed by atoms with Gasteiger partial charge < -0.3 is 14.9 Å². The third-order valence-electron chi connectivity index (χ3n) is 4.93. The first-order valence-electron chi connectivity index (χ1n) is 8.50. The summed E-state index contributed by atoms with van der Waals surface area (Å²) in [5, 5.41) is 9.00. The molecule has 0 aromatic heterocycles. The van der Waals surface area contributed by atoms with Crippen molar-refractivity contribution in [2.45, 2.75) is 25.6 Å². The van der Waals surface area contributed by atoms with Crippen molar-refractivity contribution in [2.24, 2.45) is 0 Å². The summed E-state index contributed by atoms with van der Waals surface area (Å²) in [7, 11) is 0. The van der Waals surface area contributed by atoms with Gasteiger partial charge in [0.05, 0.1) is 5.56 Å². The van der Waals surface area contributed by atoms with Crippen molar-refractivity contribution >= 4 is 11.8 Å². The molecule has 2 aliphatic rings. The summed E-state index contributed by atoms with van der Waals surface area (Å²) in [6.07, 6.45) is -3.39. The van der Waals surface area contributed by atoms with Crippen LogP contribution >= 0.6 is 0 Å². The maximum absolute atomic E-state index is 13.5. The SMILES string of the molecule is O=C(O)N1CCN(Cc2c(N3CCCC3)cccc2C(F)(F)F)CC1. The van der Waals surface area contributed by atoms with Gasteiger partial charge in [0.1, 0.15) is 0 Å². The molecule has 0 aliphatic carbocycles. The van der Waals surface area contributed by atoms with Crippen LogP contribution in [-0.2, 0) is 12.7 Å². The first-order chi connectivity index (χ1) is 11.9. The van der Waals surface area contributed by atoms with Gasteiger partial charge in [-0.05, 0) is 25.0 Å². The number of hydrogen-bond acceptors (Lipinski definition) is 3. The Hall–Kier alpha value is -1.96. The van der Waals surface area contributed by atoms with Crippen LogP contribution in [0.4, 0.5) is 23.7 Å². The van der Waals surface area contributed by atoms with Crippen LogP contribution < -0.4 is 4.90 Å². The van der Waals surface area contributed by atoms with E-state index in [1.165, 1.54) is 11.0 Å². The number of piperazine rings is 1. The third-order valence-corrected chi connectivity index (χ3v) is 4.93. The number of carboxylic acid groups (broad SMARTS) is 1. The smallest absolute Gasteiger partial charge is 0.416 e. The fraction of sp³-hybridized carbons (Fsp3) is 0.588. The van der Waals surface area contributed by atoms with Gasteiger partial charge in [-0.15, -0.1) is 0 Å². The average Bonchev–Trinajstić information content (AvgIpc) is 3.09. The summed E-state index contributed by atoms with van der Waals surface area (Å²) in [5.74, 6) is 0. The van der Waals surface area contributed by atoms with Crippen LogP contribution in [0.3, 0.4) is 0 Å². The van der Waals surface area contributed by atoms with Crippen LogP contribution in [0.2, 0.25) is 0 Å². The van der Waals surface area contributed by atoms with Crippen molar-refractivity contribution < 1.29 is 23.1 Å². The molecule has 5 nitrogen and oxygen atoms in total. The first-order valence-corrected chi connectivity index (χ1v) is 8.50. The van der Waals surface area contributed by atoms with Gasteiger partial charge in [0.15, 0.2) is 0 Å². The lowest BCUT2D eigenvalue weighted by atomic mass is 10.0. The average molecular weight is 357 g/mol. The standard InChI is InChI=1S/C17H22F3N3O2/c18-17(19,20)14-4-3-5-15(22-6-1-2-7-22)13(14)12-21-8-10-23(11-9-21)16(24)25/h3-5H,1-2,6-12H2,(H,24,25). The summed E-state index contributed by atoms with van der Waals surface area (Å²) in [6.45, 7) is 3.28. The molecule has 0 unspecified atom stereocenters. The highest BCUT2D eigenvalue weighted by molar-refractivity contribution is 5.65. The molecule has 2 heterocycles. The molecular weight excluding hydrogens is 335 g/mol. The van der Waals surface area contributed by atoms with Gasteiger partial charge in [0, 0.05) is 57.1 Å². The number of halogens is 3. The van der Waals surface area contributed by atoms with Crippen LogP contribution in [0, 0.1) is 0 Å². The van der Waals surface area contributed by atoms with Crippen LogP contribution in [0.5, 0.6) is 0 Å². The number of carbonyl (C=O) groups is 1. The van der Waals surface area contributed by atoms with E-state index in [0.29, 0.717) is 37.4 Å². The molecule has 3 rings (SSSR count). The molecule has 1 aromatic rings. The van der Waals surface area contributed by atoms with Crippen LogP contribution in [-0.4, -0.2) is 60.3 Å². The molecule has 0 spiro atoms. The molecule has 2 aliphatic heterocycles. The predicted octanol–water partition coefficient (Wildman–Crippen LogP) is 3.10. The Bertz CT molecular complexity index is 622. The molecule has 0 radical (unpaired) electrons. The van der Waals surface area contributed by atoms with Gasteiger partial charge in [0.25, 0.3) is 0 Å². The fourth-order valence-corrected chi connectivity index (χ4v) is 3.58. The summed E-state index contributed by atoms with van der Waals surface area (Å²) in [6, 6.07) is 4.38. The Balaban J connectivity index is 1.84. The molecule has 0 atom stereocenters. The van der Waals surface area contributed by atoms with E-state index in [2.05, 4.69) is 0 Å². The van der Waals surface area contributed by atoms with Crippen molar-refractivity contribution in [3.63, 3.8) is 0 Å². The van der Waals surface area contributed by atoms with Crippen molar-refractivity contribution in [2.75, 3.05) is 44.2 Å². The lowest BCUT2D eigenvalue weighted by Gasteiger charge is -2.34. The van der Waals surface area contributed by atoms with E-state index < -0.39 is 17.8 Å². The molecule has 25 heavy (non-hydrogen) atoms.